The fourth-order valence-corrected chi connectivity index (χ4v) is 2.28. The van der Waals surface area contributed by atoms with Gasteiger partial charge in [0, 0.05) is 10.9 Å². The number of hydrogen-bond donors (Lipinski definition) is 2. The molecular formula is C13H12F2N2O3S. The lowest BCUT2D eigenvalue weighted by atomic mass is 10.2. The summed E-state index contributed by atoms with van der Waals surface area (Å²) in [7, 11) is 0. The highest BCUT2D eigenvalue weighted by atomic mass is 32.1. The van der Waals surface area contributed by atoms with E-state index in [1.807, 2.05) is 0 Å². The summed E-state index contributed by atoms with van der Waals surface area (Å²) in [6.07, 6.45) is -0.710. The Bertz CT molecular complexity index is 614. The molecule has 1 unspecified atom stereocenters. The van der Waals surface area contributed by atoms with Gasteiger partial charge >= 0.3 is 6.61 Å². The van der Waals surface area contributed by atoms with Crippen molar-refractivity contribution in [1.82, 2.24) is 4.98 Å². The number of thiazole rings is 1. The van der Waals surface area contributed by atoms with Gasteiger partial charge in [0.15, 0.2) is 5.13 Å². The van der Waals surface area contributed by atoms with Crippen LogP contribution in [0.5, 0.6) is 5.75 Å². The van der Waals surface area contributed by atoms with Gasteiger partial charge in [-0.3, -0.25) is 10.1 Å². The highest BCUT2D eigenvalue weighted by molar-refractivity contribution is 7.14. The Labute approximate surface area is 123 Å². The summed E-state index contributed by atoms with van der Waals surface area (Å²) in [4.78, 5) is 16.0. The minimum absolute atomic E-state index is 0.0211. The van der Waals surface area contributed by atoms with Crippen LogP contribution in [0, 0.1) is 0 Å². The Morgan fingerprint density at radius 3 is 2.57 bits per heavy atom. The molecule has 0 saturated carbocycles. The second-order valence-electron chi connectivity index (χ2n) is 4.11. The second-order valence-corrected chi connectivity index (χ2v) is 4.97. The van der Waals surface area contributed by atoms with E-state index in [9.17, 15) is 18.7 Å². The first-order valence-corrected chi connectivity index (χ1v) is 6.83. The van der Waals surface area contributed by atoms with E-state index >= 15 is 0 Å². The average molecular weight is 314 g/mol. The third-order valence-corrected chi connectivity index (χ3v) is 3.29. The first-order valence-electron chi connectivity index (χ1n) is 5.95. The fourth-order valence-electron chi connectivity index (χ4n) is 1.49. The lowest BCUT2D eigenvalue weighted by molar-refractivity contribution is -0.0498. The standard InChI is InChI=1S/C13H12F2N2O3S/c1-7(18)10-6-21-13(16-10)17-11(19)8-2-4-9(5-3-8)20-12(14)15/h2-7,12,18H,1H3,(H,16,17,19). The first kappa shape index (κ1) is 15.3. The van der Waals surface area contributed by atoms with Gasteiger partial charge in [0.25, 0.3) is 5.91 Å². The van der Waals surface area contributed by atoms with E-state index in [1.165, 1.54) is 35.6 Å². The topological polar surface area (TPSA) is 71.5 Å². The Morgan fingerprint density at radius 2 is 2.05 bits per heavy atom. The van der Waals surface area contributed by atoms with Crippen molar-refractivity contribution in [3.63, 3.8) is 0 Å². The first-order chi connectivity index (χ1) is 9.95. The van der Waals surface area contributed by atoms with Gasteiger partial charge in [-0.05, 0) is 31.2 Å². The van der Waals surface area contributed by atoms with E-state index in [1.54, 1.807) is 12.3 Å². The number of rotatable bonds is 5. The predicted octanol–water partition coefficient (Wildman–Crippen LogP) is 3.05. The normalized spacial score (nSPS) is 12.2. The number of carbonyl (C=O) groups excluding carboxylic acids is 1. The number of hydrogen-bond acceptors (Lipinski definition) is 5. The third kappa shape index (κ3) is 4.20. The summed E-state index contributed by atoms with van der Waals surface area (Å²) in [6, 6.07) is 5.31. The number of amides is 1. The maximum Gasteiger partial charge on any atom is 0.387 e. The van der Waals surface area contributed by atoms with Crippen LogP contribution in [0.1, 0.15) is 29.1 Å². The number of benzene rings is 1. The maximum atomic E-state index is 12.0. The van der Waals surface area contributed by atoms with E-state index in [4.69, 9.17) is 0 Å². The van der Waals surface area contributed by atoms with Gasteiger partial charge in [0.1, 0.15) is 5.75 Å². The number of aliphatic hydroxyl groups excluding tert-OH is 1. The zero-order valence-corrected chi connectivity index (χ0v) is 11.7. The van der Waals surface area contributed by atoms with Crippen molar-refractivity contribution in [3.05, 3.63) is 40.9 Å². The third-order valence-electron chi connectivity index (χ3n) is 2.51. The lowest BCUT2D eigenvalue weighted by Crippen LogP contribution is -2.12. The molecule has 0 saturated heterocycles. The van der Waals surface area contributed by atoms with Crippen LogP contribution in [0.25, 0.3) is 0 Å². The van der Waals surface area contributed by atoms with Crippen molar-refractivity contribution in [2.45, 2.75) is 19.6 Å². The van der Waals surface area contributed by atoms with Gasteiger partial charge in [-0.2, -0.15) is 8.78 Å². The van der Waals surface area contributed by atoms with Crippen LogP contribution in [0.2, 0.25) is 0 Å². The molecule has 2 rings (SSSR count). The van der Waals surface area contributed by atoms with E-state index in [0.717, 1.165) is 0 Å². The summed E-state index contributed by atoms with van der Waals surface area (Å²) >= 11 is 1.19. The zero-order valence-electron chi connectivity index (χ0n) is 10.9. The number of halogens is 2. The van der Waals surface area contributed by atoms with Crippen molar-refractivity contribution < 1.29 is 23.4 Å². The van der Waals surface area contributed by atoms with Gasteiger partial charge < -0.3 is 9.84 Å². The molecule has 0 bridgehead atoms. The number of aromatic nitrogens is 1. The molecule has 2 aromatic rings. The van der Waals surface area contributed by atoms with Gasteiger partial charge in [-0.15, -0.1) is 11.3 Å². The highest BCUT2D eigenvalue weighted by Gasteiger charge is 2.12. The van der Waals surface area contributed by atoms with Crippen LogP contribution < -0.4 is 10.1 Å². The molecule has 1 aromatic heterocycles. The number of nitrogens with one attached hydrogen (secondary N) is 1. The smallest absolute Gasteiger partial charge is 0.387 e. The summed E-state index contributed by atoms with van der Waals surface area (Å²) in [6.45, 7) is -1.33. The number of anilines is 1. The largest absolute Gasteiger partial charge is 0.435 e. The molecule has 112 valence electrons. The van der Waals surface area contributed by atoms with Crippen LogP contribution in [-0.2, 0) is 0 Å². The second kappa shape index (κ2) is 6.59. The number of carbonyl (C=O) groups is 1. The van der Waals surface area contributed by atoms with Crippen LogP contribution >= 0.6 is 11.3 Å². The molecule has 0 aliphatic heterocycles. The molecule has 5 nitrogen and oxygen atoms in total. The molecular weight excluding hydrogens is 302 g/mol. The predicted molar refractivity (Wildman–Crippen MR) is 73.8 cm³/mol. The Hall–Kier alpha value is -2.06. The number of nitrogens with zero attached hydrogens (tertiary/aromatic N) is 1. The quantitative estimate of drug-likeness (QED) is 0.890. The van der Waals surface area contributed by atoms with Crippen molar-refractivity contribution >= 4 is 22.4 Å². The van der Waals surface area contributed by atoms with Crippen molar-refractivity contribution in [1.29, 1.82) is 0 Å². The molecule has 0 fully saturated rings. The molecule has 0 radical (unpaired) electrons. The average Bonchev–Trinajstić information content (AvgIpc) is 2.87. The van der Waals surface area contributed by atoms with Gasteiger partial charge in [-0.1, -0.05) is 0 Å². The summed E-state index contributed by atoms with van der Waals surface area (Å²) < 4.78 is 28.2. The summed E-state index contributed by atoms with van der Waals surface area (Å²) in [5.41, 5.74) is 0.751. The van der Waals surface area contributed by atoms with E-state index in [2.05, 4.69) is 15.0 Å². The number of ether oxygens (including phenoxy) is 1. The van der Waals surface area contributed by atoms with Crippen LogP contribution in [-0.4, -0.2) is 22.6 Å². The summed E-state index contributed by atoms with van der Waals surface area (Å²) in [5.74, 6) is -0.447. The summed E-state index contributed by atoms with van der Waals surface area (Å²) in [5, 5.41) is 13.9. The van der Waals surface area contributed by atoms with Crippen molar-refractivity contribution in [3.8, 4) is 5.75 Å². The van der Waals surface area contributed by atoms with Gasteiger partial charge in [0.2, 0.25) is 0 Å². The molecule has 8 heteroatoms. The lowest BCUT2D eigenvalue weighted by Gasteiger charge is -2.05. The number of alkyl halides is 2. The highest BCUT2D eigenvalue weighted by Crippen LogP contribution is 2.21. The molecule has 1 atom stereocenters. The Balaban J connectivity index is 2.02. The maximum absolute atomic E-state index is 12.0. The minimum atomic E-state index is -2.90. The van der Waals surface area contributed by atoms with Gasteiger partial charge in [-0.25, -0.2) is 4.98 Å². The number of aliphatic hydroxyl groups is 1. The SMILES string of the molecule is CC(O)c1csc(NC(=O)c2ccc(OC(F)F)cc2)n1. The zero-order chi connectivity index (χ0) is 15.4. The van der Waals surface area contributed by atoms with Crippen LogP contribution in [0.4, 0.5) is 13.9 Å². The van der Waals surface area contributed by atoms with Crippen molar-refractivity contribution in [2.75, 3.05) is 5.32 Å². The Kier molecular flexibility index (Phi) is 4.81. The molecule has 0 aliphatic carbocycles. The van der Waals surface area contributed by atoms with E-state index in [-0.39, 0.29) is 11.3 Å². The molecule has 2 N–H and O–H groups in total. The van der Waals surface area contributed by atoms with Crippen molar-refractivity contribution in [2.24, 2.45) is 0 Å². The van der Waals surface area contributed by atoms with E-state index < -0.39 is 18.6 Å². The molecule has 0 spiro atoms. The minimum Gasteiger partial charge on any atom is -0.435 e. The molecule has 1 heterocycles. The monoisotopic (exact) mass is 314 g/mol. The molecule has 0 aliphatic rings. The Morgan fingerprint density at radius 1 is 1.38 bits per heavy atom. The van der Waals surface area contributed by atoms with Crippen LogP contribution in [0.3, 0.4) is 0 Å². The molecule has 21 heavy (non-hydrogen) atoms. The molecule has 1 amide bonds. The van der Waals surface area contributed by atoms with E-state index in [0.29, 0.717) is 10.8 Å². The fraction of sp³-hybridized carbons (Fsp3) is 0.231. The van der Waals surface area contributed by atoms with Gasteiger partial charge in [0.05, 0.1) is 11.8 Å². The van der Waals surface area contributed by atoms with Crippen LogP contribution in [0.15, 0.2) is 29.6 Å². The molecule has 1 aromatic carbocycles.